The first-order chi connectivity index (χ1) is 6.65. The lowest BCUT2D eigenvalue weighted by atomic mass is 9.79. The largest absolute Gasteiger partial charge is 0.301 e. The monoisotopic (exact) mass is 192 g/mol. The molecule has 1 aliphatic rings. The predicted molar refractivity (Wildman–Crippen MR) is 54.1 cm³/mol. The summed E-state index contributed by atoms with van der Waals surface area (Å²) in [6.07, 6.45) is 3.96. The number of rotatable bonds is 3. The minimum atomic E-state index is -0.285. The number of nitrogens with one attached hydrogen (secondary N) is 1. The maximum atomic E-state index is 11.3. The molecule has 3 nitrogen and oxygen atoms in total. The summed E-state index contributed by atoms with van der Waals surface area (Å²) in [6, 6.07) is 1.81. The van der Waals surface area contributed by atoms with Gasteiger partial charge in [0.15, 0.2) is 5.78 Å². The van der Waals surface area contributed by atoms with Crippen LogP contribution in [0.3, 0.4) is 0 Å². The van der Waals surface area contributed by atoms with Crippen LogP contribution in [0.5, 0.6) is 0 Å². The number of carbonyl (C=O) groups excluding carboxylic acids is 1. The molecule has 3 heteroatoms. The first-order valence-electron chi connectivity index (χ1n) is 5.13. The highest BCUT2D eigenvalue weighted by Gasteiger charge is 2.25. The molecule has 0 aromatic rings. The van der Waals surface area contributed by atoms with Crippen molar-refractivity contribution in [1.82, 2.24) is 0 Å². The van der Waals surface area contributed by atoms with Crippen LogP contribution in [-0.4, -0.2) is 11.5 Å². The van der Waals surface area contributed by atoms with Crippen LogP contribution in [0.25, 0.3) is 0 Å². The summed E-state index contributed by atoms with van der Waals surface area (Å²) in [6.45, 7) is 2.21. The summed E-state index contributed by atoms with van der Waals surface area (Å²) in [5.74, 6) is 0.559. The molecule has 1 N–H and O–H groups in total. The van der Waals surface area contributed by atoms with E-state index in [-0.39, 0.29) is 23.8 Å². The van der Waals surface area contributed by atoms with Crippen molar-refractivity contribution in [3.63, 3.8) is 0 Å². The van der Waals surface area contributed by atoms with Crippen LogP contribution in [0.15, 0.2) is 0 Å². The number of hydrogen-bond donors (Lipinski definition) is 1. The zero-order valence-corrected chi connectivity index (χ0v) is 8.55. The van der Waals surface area contributed by atoms with Gasteiger partial charge in [-0.25, -0.2) is 0 Å². The second kappa shape index (κ2) is 4.90. The Morgan fingerprint density at radius 3 is 2.50 bits per heavy atom. The third-order valence-corrected chi connectivity index (χ3v) is 2.96. The Morgan fingerprint density at radius 2 is 2.00 bits per heavy atom. The van der Waals surface area contributed by atoms with E-state index in [0.29, 0.717) is 0 Å². The van der Waals surface area contributed by atoms with E-state index in [1.165, 1.54) is 0 Å². The van der Waals surface area contributed by atoms with Crippen molar-refractivity contribution in [2.75, 3.05) is 0 Å². The SMILES string of the molecule is CC1CCC(C(=N)C(=O)CC#N)CC1. The number of hydrogen-bond acceptors (Lipinski definition) is 3. The van der Waals surface area contributed by atoms with Gasteiger partial charge in [-0.3, -0.25) is 4.79 Å². The third kappa shape index (κ3) is 2.66. The molecule has 1 saturated carbocycles. The minimum Gasteiger partial charge on any atom is -0.301 e. The molecule has 1 fully saturated rings. The van der Waals surface area contributed by atoms with Gasteiger partial charge in [-0.05, 0) is 18.8 Å². The minimum absolute atomic E-state index is 0.118. The van der Waals surface area contributed by atoms with Crippen molar-refractivity contribution in [3.05, 3.63) is 0 Å². The predicted octanol–water partition coefficient (Wildman–Crippen LogP) is 2.32. The molecule has 0 unspecified atom stereocenters. The average molecular weight is 192 g/mol. The molecular weight excluding hydrogens is 176 g/mol. The van der Waals surface area contributed by atoms with Gasteiger partial charge >= 0.3 is 0 Å². The van der Waals surface area contributed by atoms with Crippen molar-refractivity contribution < 1.29 is 4.79 Å². The lowest BCUT2D eigenvalue weighted by molar-refractivity contribution is -0.112. The average Bonchev–Trinajstić information content (AvgIpc) is 2.18. The fraction of sp³-hybridized carbons (Fsp3) is 0.727. The van der Waals surface area contributed by atoms with Gasteiger partial charge in [0.25, 0.3) is 0 Å². The van der Waals surface area contributed by atoms with Crippen LogP contribution in [0, 0.1) is 28.6 Å². The van der Waals surface area contributed by atoms with Crippen molar-refractivity contribution in [1.29, 1.82) is 10.7 Å². The third-order valence-electron chi connectivity index (χ3n) is 2.96. The van der Waals surface area contributed by atoms with E-state index >= 15 is 0 Å². The summed E-state index contributed by atoms with van der Waals surface area (Å²) in [5.41, 5.74) is 0.179. The van der Waals surface area contributed by atoms with Crippen LogP contribution < -0.4 is 0 Å². The Kier molecular flexibility index (Phi) is 3.82. The second-order valence-corrected chi connectivity index (χ2v) is 4.13. The van der Waals surface area contributed by atoms with Crippen molar-refractivity contribution >= 4 is 11.5 Å². The first-order valence-corrected chi connectivity index (χ1v) is 5.13. The lowest BCUT2D eigenvalue weighted by Crippen LogP contribution is -2.26. The molecular formula is C11H16N2O. The number of nitriles is 1. The quantitative estimate of drug-likeness (QED) is 0.697. The molecule has 0 heterocycles. The van der Waals surface area contributed by atoms with Gasteiger partial charge in [0.2, 0.25) is 0 Å². The smallest absolute Gasteiger partial charge is 0.190 e. The number of nitrogens with zero attached hydrogens (tertiary/aromatic N) is 1. The standard InChI is InChI=1S/C11H16N2O/c1-8-2-4-9(5-3-8)11(13)10(14)6-7-12/h8-9,13H,2-6H2,1H3. The highest BCUT2D eigenvalue weighted by molar-refractivity contribution is 6.39. The van der Waals surface area contributed by atoms with Crippen molar-refractivity contribution in [2.24, 2.45) is 11.8 Å². The van der Waals surface area contributed by atoms with Gasteiger partial charge in [-0.1, -0.05) is 19.8 Å². The maximum Gasteiger partial charge on any atom is 0.190 e. The van der Waals surface area contributed by atoms with Gasteiger partial charge < -0.3 is 5.41 Å². The fourth-order valence-corrected chi connectivity index (χ4v) is 1.94. The molecule has 0 atom stereocenters. The molecule has 76 valence electrons. The molecule has 1 aliphatic carbocycles. The molecule has 14 heavy (non-hydrogen) atoms. The van der Waals surface area contributed by atoms with Crippen LogP contribution >= 0.6 is 0 Å². The van der Waals surface area contributed by atoms with Crippen LogP contribution in [-0.2, 0) is 4.79 Å². The molecule has 0 saturated heterocycles. The summed E-state index contributed by atoms with van der Waals surface area (Å²) >= 11 is 0. The summed E-state index contributed by atoms with van der Waals surface area (Å²) in [7, 11) is 0. The second-order valence-electron chi connectivity index (χ2n) is 4.13. The van der Waals surface area contributed by atoms with Crippen molar-refractivity contribution in [2.45, 2.75) is 39.0 Å². The van der Waals surface area contributed by atoms with Gasteiger partial charge in [0.1, 0.15) is 0 Å². The Labute approximate surface area is 84.6 Å². The highest BCUT2D eigenvalue weighted by atomic mass is 16.1. The van der Waals surface area contributed by atoms with Crippen LogP contribution in [0.1, 0.15) is 39.0 Å². The highest BCUT2D eigenvalue weighted by Crippen LogP contribution is 2.29. The fourth-order valence-electron chi connectivity index (χ4n) is 1.94. The van der Waals surface area contributed by atoms with E-state index in [0.717, 1.165) is 31.6 Å². The van der Waals surface area contributed by atoms with E-state index in [1.807, 2.05) is 0 Å². The topological polar surface area (TPSA) is 64.7 Å². The van der Waals surface area contributed by atoms with Crippen molar-refractivity contribution in [3.8, 4) is 6.07 Å². The summed E-state index contributed by atoms with van der Waals surface area (Å²) < 4.78 is 0. The number of Topliss-reactive ketones (excluding diaryl/α,β-unsaturated/α-hetero) is 1. The number of ketones is 1. The zero-order chi connectivity index (χ0) is 10.6. The normalized spacial score (nSPS) is 26.6. The van der Waals surface area contributed by atoms with Gasteiger partial charge in [-0.2, -0.15) is 5.26 Å². The molecule has 0 aromatic heterocycles. The zero-order valence-electron chi connectivity index (χ0n) is 8.55. The molecule has 0 radical (unpaired) electrons. The van der Waals surface area contributed by atoms with E-state index in [1.54, 1.807) is 6.07 Å². The van der Waals surface area contributed by atoms with E-state index < -0.39 is 0 Å². The van der Waals surface area contributed by atoms with E-state index in [2.05, 4.69) is 6.92 Å². The molecule has 0 amide bonds. The van der Waals surface area contributed by atoms with Crippen LogP contribution in [0.4, 0.5) is 0 Å². The Balaban J connectivity index is 2.46. The van der Waals surface area contributed by atoms with E-state index in [9.17, 15) is 4.79 Å². The van der Waals surface area contributed by atoms with Crippen LogP contribution in [0.2, 0.25) is 0 Å². The molecule has 1 rings (SSSR count). The number of carbonyl (C=O) groups is 1. The Morgan fingerprint density at radius 1 is 1.43 bits per heavy atom. The van der Waals surface area contributed by atoms with Gasteiger partial charge in [0, 0.05) is 5.92 Å². The summed E-state index contributed by atoms with van der Waals surface area (Å²) in [5, 5.41) is 16.0. The van der Waals surface area contributed by atoms with Gasteiger partial charge in [-0.15, -0.1) is 0 Å². The molecule has 0 aromatic carbocycles. The Hall–Kier alpha value is -1.17. The first kappa shape index (κ1) is 10.9. The summed E-state index contributed by atoms with van der Waals surface area (Å²) in [4.78, 5) is 11.3. The van der Waals surface area contributed by atoms with Gasteiger partial charge in [0.05, 0.1) is 18.2 Å². The van der Waals surface area contributed by atoms with E-state index in [4.69, 9.17) is 10.7 Å². The molecule has 0 aliphatic heterocycles. The lowest BCUT2D eigenvalue weighted by Gasteiger charge is -2.25. The molecule has 0 spiro atoms. The maximum absolute atomic E-state index is 11.3. The molecule has 0 bridgehead atoms. The Bertz CT molecular complexity index is 270.